The zero-order chi connectivity index (χ0) is 9.84. The molecule has 1 amide bonds. The molecular formula is C10H20N2O. The van der Waals surface area contributed by atoms with Crippen LogP contribution < -0.4 is 10.6 Å². The van der Waals surface area contributed by atoms with E-state index < -0.39 is 0 Å². The zero-order valence-corrected chi connectivity index (χ0v) is 8.76. The van der Waals surface area contributed by atoms with Crippen LogP contribution in [0.4, 0.5) is 0 Å². The largest absolute Gasteiger partial charge is 0.355 e. The number of hydrogen-bond donors (Lipinski definition) is 2. The standard InChI is InChI=1S/C10H20N2O/c1-4-11-10(13)8(3)12-9-5-7(2)6-9/h7-9,12H,4-6H2,1-3H3,(H,11,13). The fourth-order valence-corrected chi connectivity index (χ4v) is 1.80. The van der Waals surface area contributed by atoms with E-state index in [2.05, 4.69) is 17.6 Å². The van der Waals surface area contributed by atoms with E-state index in [1.165, 1.54) is 12.8 Å². The van der Waals surface area contributed by atoms with Gasteiger partial charge in [0.25, 0.3) is 0 Å². The van der Waals surface area contributed by atoms with Crippen LogP contribution in [0.2, 0.25) is 0 Å². The minimum atomic E-state index is -0.0440. The van der Waals surface area contributed by atoms with Crippen LogP contribution in [0.15, 0.2) is 0 Å². The lowest BCUT2D eigenvalue weighted by atomic mass is 9.81. The van der Waals surface area contributed by atoms with Crippen LogP contribution in [0, 0.1) is 5.92 Å². The van der Waals surface area contributed by atoms with E-state index >= 15 is 0 Å². The second-order valence-corrected chi connectivity index (χ2v) is 4.06. The Morgan fingerprint density at radius 1 is 1.54 bits per heavy atom. The maximum absolute atomic E-state index is 11.3. The van der Waals surface area contributed by atoms with Crippen molar-refractivity contribution in [3.05, 3.63) is 0 Å². The average molecular weight is 184 g/mol. The molecule has 1 fully saturated rings. The molecule has 0 aliphatic heterocycles. The third kappa shape index (κ3) is 2.99. The van der Waals surface area contributed by atoms with Crippen molar-refractivity contribution < 1.29 is 4.79 Å². The van der Waals surface area contributed by atoms with Crippen LogP contribution in [0.1, 0.15) is 33.6 Å². The second-order valence-electron chi connectivity index (χ2n) is 4.06. The predicted molar refractivity (Wildman–Crippen MR) is 53.5 cm³/mol. The van der Waals surface area contributed by atoms with Crippen molar-refractivity contribution in [3.8, 4) is 0 Å². The molecule has 0 radical (unpaired) electrons. The normalized spacial score (nSPS) is 29.2. The fraction of sp³-hybridized carbons (Fsp3) is 0.900. The molecule has 0 heterocycles. The van der Waals surface area contributed by atoms with Gasteiger partial charge in [-0.3, -0.25) is 4.79 Å². The Balaban J connectivity index is 2.17. The van der Waals surface area contributed by atoms with Gasteiger partial charge >= 0.3 is 0 Å². The molecule has 0 spiro atoms. The number of carbonyl (C=O) groups excluding carboxylic acids is 1. The van der Waals surface area contributed by atoms with Gasteiger partial charge < -0.3 is 10.6 Å². The van der Waals surface area contributed by atoms with Crippen molar-refractivity contribution in [1.29, 1.82) is 0 Å². The van der Waals surface area contributed by atoms with Crippen molar-refractivity contribution in [1.82, 2.24) is 10.6 Å². The number of nitrogens with one attached hydrogen (secondary N) is 2. The first-order valence-corrected chi connectivity index (χ1v) is 5.17. The SMILES string of the molecule is CCNC(=O)C(C)NC1CC(C)C1. The highest BCUT2D eigenvalue weighted by molar-refractivity contribution is 5.81. The van der Waals surface area contributed by atoms with Crippen molar-refractivity contribution >= 4 is 5.91 Å². The number of amides is 1. The minimum absolute atomic E-state index is 0.0440. The Kier molecular flexibility index (Phi) is 3.72. The maximum Gasteiger partial charge on any atom is 0.236 e. The molecule has 13 heavy (non-hydrogen) atoms. The van der Waals surface area contributed by atoms with Gasteiger partial charge in [-0.05, 0) is 32.6 Å². The van der Waals surface area contributed by atoms with Gasteiger partial charge in [-0.1, -0.05) is 6.92 Å². The van der Waals surface area contributed by atoms with E-state index in [9.17, 15) is 4.79 Å². The lowest BCUT2D eigenvalue weighted by Crippen LogP contribution is -2.50. The number of carbonyl (C=O) groups is 1. The summed E-state index contributed by atoms with van der Waals surface area (Å²) in [5.74, 6) is 0.945. The van der Waals surface area contributed by atoms with Crippen LogP contribution in [0.3, 0.4) is 0 Å². The Bertz CT molecular complexity index is 176. The lowest BCUT2D eigenvalue weighted by Gasteiger charge is -2.35. The summed E-state index contributed by atoms with van der Waals surface area (Å²) in [6.07, 6.45) is 2.42. The Morgan fingerprint density at radius 2 is 2.15 bits per heavy atom. The summed E-state index contributed by atoms with van der Waals surface area (Å²) in [5.41, 5.74) is 0. The van der Waals surface area contributed by atoms with Crippen LogP contribution in [0.25, 0.3) is 0 Å². The third-order valence-corrected chi connectivity index (χ3v) is 2.60. The van der Waals surface area contributed by atoms with Crippen LogP contribution in [0.5, 0.6) is 0 Å². The maximum atomic E-state index is 11.3. The van der Waals surface area contributed by atoms with Gasteiger partial charge in [-0.25, -0.2) is 0 Å². The summed E-state index contributed by atoms with van der Waals surface area (Å²) in [6, 6.07) is 0.519. The van der Waals surface area contributed by atoms with Crippen molar-refractivity contribution in [2.45, 2.75) is 45.7 Å². The number of likely N-dealkylation sites (N-methyl/N-ethyl adjacent to an activating group) is 1. The van der Waals surface area contributed by atoms with Crippen LogP contribution >= 0.6 is 0 Å². The predicted octanol–water partition coefficient (Wildman–Crippen LogP) is 0.899. The van der Waals surface area contributed by atoms with E-state index in [0.29, 0.717) is 12.6 Å². The van der Waals surface area contributed by atoms with Crippen LogP contribution in [-0.4, -0.2) is 24.5 Å². The van der Waals surface area contributed by atoms with E-state index in [-0.39, 0.29) is 11.9 Å². The summed E-state index contributed by atoms with van der Waals surface area (Å²) in [4.78, 5) is 11.3. The van der Waals surface area contributed by atoms with Gasteiger partial charge in [0.1, 0.15) is 0 Å². The topological polar surface area (TPSA) is 41.1 Å². The Morgan fingerprint density at radius 3 is 2.62 bits per heavy atom. The van der Waals surface area contributed by atoms with E-state index in [4.69, 9.17) is 0 Å². The molecule has 76 valence electrons. The lowest BCUT2D eigenvalue weighted by molar-refractivity contribution is -0.123. The Hall–Kier alpha value is -0.570. The monoisotopic (exact) mass is 184 g/mol. The highest BCUT2D eigenvalue weighted by Gasteiger charge is 2.27. The molecule has 1 unspecified atom stereocenters. The van der Waals surface area contributed by atoms with E-state index in [1.54, 1.807) is 0 Å². The first-order valence-electron chi connectivity index (χ1n) is 5.17. The first kappa shape index (κ1) is 10.5. The van der Waals surface area contributed by atoms with E-state index in [0.717, 1.165) is 5.92 Å². The summed E-state index contributed by atoms with van der Waals surface area (Å²) >= 11 is 0. The highest BCUT2D eigenvalue weighted by Crippen LogP contribution is 2.26. The quantitative estimate of drug-likeness (QED) is 0.681. The minimum Gasteiger partial charge on any atom is -0.355 e. The van der Waals surface area contributed by atoms with Crippen molar-refractivity contribution in [2.75, 3.05) is 6.54 Å². The van der Waals surface area contributed by atoms with Crippen molar-refractivity contribution in [3.63, 3.8) is 0 Å². The molecule has 0 aromatic rings. The first-order chi connectivity index (χ1) is 6.13. The molecule has 1 aliphatic rings. The summed E-state index contributed by atoms with van der Waals surface area (Å²) < 4.78 is 0. The van der Waals surface area contributed by atoms with Crippen LogP contribution in [-0.2, 0) is 4.79 Å². The molecule has 1 rings (SSSR count). The summed E-state index contributed by atoms with van der Waals surface area (Å²) in [6.45, 7) is 6.82. The molecule has 3 nitrogen and oxygen atoms in total. The molecule has 3 heteroatoms. The highest BCUT2D eigenvalue weighted by atomic mass is 16.2. The molecule has 0 bridgehead atoms. The molecular weight excluding hydrogens is 164 g/mol. The summed E-state index contributed by atoms with van der Waals surface area (Å²) in [7, 11) is 0. The average Bonchev–Trinajstić information content (AvgIpc) is 2.02. The van der Waals surface area contributed by atoms with Gasteiger partial charge in [-0.15, -0.1) is 0 Å². The van der Waals surface area contributed by atoms with Gasteiger partial charge in [-0.2, -0.15) is 0 Å². The Labute approximate surface area is 80.3 Å². The smallest absolute Gasteiger partial charge is 0.236 e. The van der Waals surface area contributed by atoms with Gasteiger partial charge in [0.05, 0.1) is 6.04 Å². The molecule has 1 aliphatic carbocycles. The number of rotatable bonds is 4. The number of hydrogen-bond acceptors (Lipinski definition) is 2. The molecule has 0 aromatic carbocycles. The molecule has 0 saturated heterocycles. The van der Waals surface area contributed by atoms with Gasteiger partial charge in [0.15, 0.2) is 0 Å². The molecule has 1 saturated carbocycles. The van der Waals surface area contributed by atoms with E-state index in [1.807, 2.05) is 13.8 Å². The molecule has 0 aromatic heterocycles. The third-order valence-electron chi connectivity index (χ3n) is 2.60. The van der Waals surface area contributed by atoms with Crippen molar-refractivity contribution in [2.24, 2.45) is 5.92 Å². The fourth-order valence-electron chi connectivity index (χ4n) is 1.80. The molecule has 2 N–H and O–H groups in total. The summed E-state index contributed by atoms with van der Waals surface area (Å²) in [5, 5.41) is 6.13. The van der Waals surface area contributed by atoms with Gasteiger partial charge in [0.2, 0.25) is 5.91 Å². The molecule has 1 atom stereocenters. The van der Waals surface area contributed by atoms with Gasteiger partial charge in [0, 0.05) is 12.6 Å². The zero-order valence-electron chi connectivity index (χ0n) is 8.76. The second kappa shape index (κ2) is 4.61.